The monoisotopic (exact) mass is 326 g/mol. The van der Waals surface area contributed by atoms with Gasteiger partial charge in [-0.25, -0.2) is 0 Å². The third-order valence-corrected chi connectivity index (χ3v) is 2.45. The van der Waals surface area contributed by atoms with E-state index >= 15 is 0 Å². The largest absolute Gasteiger partial charge is 0.496 e. The minimum absolute atomic E-state index is 0.175. The van der Waals surface area contributed by atoms with Gasteiger partial charge in [0.1, 0.15) is 19.0 Å². The summed E-state index contributed by atoms with van der Waals surface area (Å²) in [6.45, 7) is -2.10. The van der Waals surface area contributed by atoms with Gasteiger partial charge < -0.3 is 9.47 Å². The second-order valence-corrected chi connectivity index (χ2v) is 4.29. The standard InChI is InChI=1S/C11H10BrF3O3/c1-17-10-3-2-7(12)4-8(10)9(16)5-18-6-11(13,14)15/h2-4H,5-6H2,1H3. The molecule has 0 saturated heterocycles. The smallest absolute Gasteiger partial charge is 0.411 e. The zero-order valence-corrected chi connectivity index (χ0v) is 11.0. The molecule has 7 heteroatoms. The lowest BCUT2D eigenvalue weighted by molar-refractivity contribution is -0.170. The van der Waals surface area contributed by atoms with Crippen molar-refractivity contribution in [2.24, 2.45) is 0 Å². The van der Waals surface area contributed by atoms with E-state index in [2.05, 4.69) is 20.7 Å². The third kappa shape index (κ3) is 4.66. The molecule has 0 spiro atoms. The molecule has 100 valence electrons. The number of Topliss-reactive ketones (excluding diaryl/α,β-unsaturated/α-hetero) is 1. The summed E-state index contributed by atoms with van der Waals surface area (Å²) in [5, 5.41) is 0. The average molecular weight is 327 g/mol. The lowest BCUT2D eigenvalue weighted by atomic mass is 10.1. The summed E-state index contributed by atoms with van der Waals surface area (Å²) in [5.41, 5.74) is 0.175. The number of rotatable bonds is 5. The molecule has 0 aliphatic carbocycles. The Morgan fingerprint density at radius 3 is 2.61 bits per heavy atom. The van der Waals surface area contributed by atoms with Crippen LogP contribution in [0, 0.1) is 0 Å². The SMILES string of the molecule is COc1ccc(Br)cc1C(=O)COCC(F)(F)F. The molecule has 0 unspecified atom stereocenters. The average Bonchev–Trinajstić information content (AvgIpc) is 2.27. The maximum Gasteiger partial charge on any atom is 0.411 e. The van der Waals surface area contributed by atoms with Gasteiger partial charge in [0.2, 0.25) is 0 Å². The van der Waals surface area contributed by atoms with Gasteiger partial charge >= 0.3 is 6.18 Å². The van der Waals surface area contributed by atoms with Crippen LogP contribution in [0.25, 0.3) is 0 Å². The van der Waals surface area contributed by atoms with E-state index < -0.39 is 25.2 Å². The number of alkyl halides is 3. The maximum atomic E-state index is 11.8. The van der Waals surface area contributed by atoms with Crippen LogP contribution in [0.5, 0.6) is 5.75 Å². The molecule has 1 aromatic carbocycles. The molecule has 0 amide bonds. The third-order valence-electron chi connectivity index (χ3n) is 1.96. The maximum absolute atomic E-state index is 11.8. The van der Waals surface area contributed by atoms with Gasteiger partial charge in [0.25, 0.3) is 0 Å². The molecule has 0 heterocycles. The van der Waals surface area contributed by atoms with Crippen LogP contribution >= 0.6 is 15.9 Å². The molecule has 1 rings (SSSR count). The van der Waals surface area contributed by atoms with E-state index in [1.54, 1.807) is 12.1 Å². The quantitative estimate of drug-likeness (QED) is 0.779. The van der Waals surface area contributed by atoms with Crippen molar-refractivity contribution < 1.29 is 27.4 Å². The van der Waals surface area contributed by atoms with Crippen molar-refractivity contribution in [3.05, 3.63) is 28.2 Å². The molecule has 0 saturated carbocycles. The Morgan fingerprint density at radius 2 is 2.06 bits per heavy atom. The zero-order valence-electron chi connectivity index (χ0n) is 9.38. The van der Waals surface area contributed by atoms with Gasteiger partial charge in [-0.3, -0.25) is 4.79 Å². The highest BCUT2D eigenvalue weighted by atomic mass is 79.9. The highest BCUT2D eigenvalue weighted by Crippen LogP contribution is 2.23. The predicted octanol–water partition coefficient (Wildman–Crippen LogP) is 3.22. The van der Waals surface area contributed by atoms with Crippen molar-refractivity contribution in [1.82, 2.24) is 0 Å². The molecule has 0 atom stereocenters. The minimum atomic E-state index is -4.44. The Morgan fingerprint density at radius 1 is 1.39 bits per heavy atom. The van der Waals surface area contributed by atoms with Gasteiger partial charge in [0.15, 0.2) is 5.78 Å². The summed E-state index contributed by atoms with van der Waals surface area (Å²) in [6.07, 6.45) is -4.44. The van der Waals surface area contributed by atoms with E-state index in [1.165, 1.54) is 13.2 Å². The number of ketones is 1. The first-order valence-electron chi connectivity index (χ1n) is 4.84. The van der Waals surface area contributed by atoms with E-state index in [-0.39, 0.29) is 5.56 Å². The fourth-order valence-electron chi connectivity index (χ4n) is 1.24. The number of ether oxygens (including phenoxy) is 2. The van der Waals surface area contributed by atoms with E-state index in [4.69, 9.17) is 4.74 Å². The topological polar surface area (TPSA) is 35.5 Å². The molecular formula is C11H10BrF3O3. The van der Waals surface area contributed by atoms with Crippen molar-refractivity contribution in [3.8, 4) is 5.75 Å². The van der Waals surface area contributed by atoms with Crippen molar-refractivity contribution in [2.45, 2.75) is 6.18 Å². The number of carbonyl (C=O) groups excluding carboxylic acids is 1. The molecule has 0 aromatic heterocycles. The Balaban J connectivity index is 2.69. The highest BCUT2D eigenvalue weighted by Gasteiger charge is 2.28. The van der Waals surface area contributed by atoms with Gasteiger partial charge in [-0.15, -0.1) is 0 Å². The summed E-state index contributed by atoms with van der Waals surface area (Å²) in [5.74, 6) is -0.281. The Bertz CT molecular complexity index is 432. The number of hydrogen-bond acceptors (Lipinski definition) is 3. The predicted molar refractivity (Wildman–Crippen MR) is 61.9 cm³/mol. The number of carbonyl (C=O) groups is 1. The van der Waals surface area contributed by atoms with E-state index in [9.17, 15) is 18.0 Å². The van der Waals surface area contributed by atoms with Crippen molar-refractivity contribution in [1.29, 1.82) is 0 Å². The number of methoxy groups -OCH3 is 1. The number of hydrogen-bond donors (Lipinski definition) is 0. The first-order valence-corrected chi connectivity index (χ1v) is 5.64. The van der Waals surface area contributed by atoms with Gasteiger partial charge in [-0.1, -0.05) is 15.9 Å². The van der Waals surface area contributed by atoms with Crippen LogP contribution in [0.3, 0.4) is 0 Å². The van der Waals surface area contributed by atoms with Crippen LogP contribution in [-0.4, -0.2) is 32.3 Å². The molecule has 3 nitrogen and oxygen atoms in total. The molecular weight excluding hydrogens is 317 g/mol. The molecule has 0 radical (unpaired) electrons. The summed E-state index contributed by atoms with van der Waals surface area (Å²) >= 11 is 3.17. The van der Waals surface area contributed by atoms with Crippen LogP contribution in [0.15, 0.2) is 22.7 Å². The molecule has 0 fully saturated rings. The lowest BCUT2D eigenvalue weighted by Crippen LogP contribution is -2.20. The van der Waals surface area contributed by atoms with Gasteiger partial charge in [0.05, 0.1) is 12.7 Å². The highest BCUT2D eigenvalue weighted by molar-refractivity contribution is 9.10. The van der Waals surface area contributed by atoms with E-state index in [0.717, 1.165) is 0 Å². The fraction of sp³-hybridized carbons (Fsp3) is 0.364. The number of halogens is 4. The van der Waals surface area contributed by atoms with Crippen LogP contribution in [0.4, 0.5) is 13.2 Å². The summed E-state index contributed by atoms with van der Waals surface area (Å²) in [4.78, 5) is 11.7. The second kappa shape index (κ2) is 6.19. The van der Waals surface area contributed by atoms with Crippen LogP contribution < -0.4 is 4.74 Å². The zero-order chi connectivity index (χ0) is 13.8. The van der Waals surface area contributed by atoms with E-state index in [1.807, 2.05) is 0 Å². The first-order chi connectivity index (χ1) is 8.33. The molecule has 18 heavy (non-hydrogen) atoms. The molecule has 0 N–H and O–H groups in total. The number of benzene rings is 1. The van der Waals surface area contributed by atoms with Crippen molar-refractivity contribution >= 4 is 21.7 Å². The second-order valence-electron chi connectivity index (χ2n) is 3.38. The Kier molecular flexibility index (Phi) is 5.15. The molecule has 1 aromatic rings. The van der Waals surface area contributed by atoms with Gasteiger partial charge in [-0.2, -0.15) is 13.2 Å². The minimum Gasteiger partial charge on any atom is -0.496 e. The molecule has 0 aliphatic heterocycles. The van der Waals surface area contributed by atoms with Crippen molar-refractivity contribution in [2.75, 3.05) is 20.3 Å². The molecule has 0 aliphatic rings. The summed E-state index contributed by atoms with van der Waals surface area (Å²) < 4.78 is 45.4. The van der Waals surface area contributed by atoms with Crippen LogP contribution in [0.2, 0.25) is 0 Å². The van der Waals surface area contributed by atoms with Gasteiger partial charge in [-0.05, 0) is 18.2 Å². The summed E-state index contributed by atoms with van der Waals surface area (Å²) in [6, 6.07) is 4.67. The molecule has 0 bridgehead atoms. The van der Waals surface area contributed by atoms with Crippen molar-refractivity contribution in [3.63, 3.8) is 0 Å². The Hall–Kier alpha value is -1.08. The van der Waals surface area contributed by atoms with Crippen LogP contribution in [-0.2, 0) is 4.74 Å². The Labute approximate surface area is 110 Å². The summed E-state index contributed by atoms with van der Waals surface area (Å²) in [7, 11) is 1.37. The first kappa shape index (κ1) is 15.0. The van der Waals surface area contributed by atoms with Gasteiger partial charge in [0, 0.05) is 4.47 Å². The van der Waals surface area contributed by atoms with Crippen LogP contribution in [0.1, 0.15) is 10.4 Å². The fourth-order valence-corrected chi connectivity index (χ4v) is 1.60. The normalized spacial score (nSPS) is 11.4. The lowest BCUT2D eigenvalue weighted by Gasteiger charge is -2.09. The van der Waals surface area contributed by atoms with E-state index in [0.29, 0.717) is 10.2 Å².